The number of hydrogen-bond donors (Lipinski definition) is 1. The topological polar surface area (TPSA) is 128 Å². The second-order valence-corrected chi connectivity index (χ2v) is 10.2. The van der Waals surface area contributed by atoms with E-state index < -0.39 is 0 Å². The maximum absolute atomic E-state index is 12.6. The van der Waals surface area contributed by atoms with Gasteiger partial charge in [0.15, 0.2) is 5.65 Å². The molecule has 6 rings (SSSR count). The minimum Gasteiger partial charge on any atom is -0.363 e. The molecular weight excluding hydrogens is 484 g/mol. The first-order valence-electron chi connectivity index (χ1n) is 12.7. The molecule has 0 spiro atoms. The quantitative estimate of drug-likeness (QED) is 0.385. The summed E-state index contributed by atoms with van der Waals surface area (Å²) in [6.45, 7) is 6.77. The van der Waals surface area contributed by atoms with E-state index in [4.69, 9.17) is 4.98 Å². The molecular formula is C25H30N12O. The Morgan fingerprint density at radius 3 is 2.71 bits per heavy atom. The van der Waals surface area contributed by atoms with Gasteiger partial charge in [-0.2, -0.15) is 20.4 Å². The number of hydrogen-bond acceptors (Lipinski definition) is 9. The van der Waals surface area contributed by atoms with Crippen LogP contribution < -0.4 is 10.2 Å². The predicted octanol–water partition coefficient (Wildman–Crippen LogP) is 1.08. The Bertz CT molecular complexity index is 1500. The smallest absolute Gasteiger partial charge is 0.247 e. The first-order valence-corrected chi connectivity index (χ1v) is 12.7. The van der Waals surface area contributed by atoms with Crippen molar-refractivity contribution >= 4 is 28.9 Å². The van der Waals surface area contributed by atoms with Crippen molar-refractivity contribution in [2.24, 2.45) is 0 Å². The molecule has 0 saturated carbocycles. The van der Waals surface area contributed by atoms with Gasteiger partial charge < -0.3 is 20.0 Å². The molecule has 1 N–H and O–H groups in total. The number of aryl methyl sites for hydroxylation is 1. The van der Waals surface area contributed by atoms with E-state index in [1.165, 1.54) is 0 Å². The van der Waals surface area contributed by atoms with E-state index in [0.29, 0.717) is 31.1 Å². The first-order chi connectivity index (χ1) is 18.4. The van der Waals surface area contributed by atoms with Crippen molar-refractivity contribution in [2.45, 2.75) is 25.4 Å². The van der Waals surface area contributed by atoms with Gasteiger partial charge in [-0.25, -0.2) is 4.52 Å². The van der Waals surface area contributed by atoms with Gasteiger partial charge in [-0.1, -0.05) is 0 Å². The highest BCUT2D eigenvalue weighted by Crippen LogP contribution is 2.37. The van der Waals surface area contributed by atoms with E-state index in [-0.39, 0.29) is 18.0 Å². The number of carbonyl (C=O) groups is 1. The van der Waals surface area contributed by atoms with Gasteiger partial charge in [0.2, 0.25) is 11.9 Å². The lowest BCUT2D eigenvalue weighted by Crippen LogP contribution is -2.63. The van der Waals surface area contributed by atoms with Crippen molar-refractivity contribution in [1.29, 1.82) is 5.26 Å². The Labute approximate surface area is 219 Å². The molecule has 0 atom stereocenters. The number of anilines is 3. The number of aromatic nitrogens is 7. The van der Waals surface area contributed by atoms with E-state index in [2.05, 4.69) is 43.5 Å². The normalized spacial score (nSPS) is 17.4. The average Bonchev–Trinajstić information content (AvgIpc) is 3.61. The second kappa shape index (κ2) is 9.46. The fourth-order valence-corrected chi connectivity index (χ4v) is 5.12. The third-order valence-corrected chi connectivity index (χ3v) is 7.30. The van der Waals surface area contributed by atoms with Crippen molar-refractivity contribution in [3.05, 3.63) is 48.7 Å². The zero-order valence-corrected chi connectivity index (χ0v) is 21.5. The number of nitriles is 1. The van der Waals surface area contributed by atoms with Gasteiger partial charge in [-0.05, 0) is 31.7 Å². The predicted molar refractivity (Wildman–Crippen MR) is 140 cm³/mol. The van der Waals surface area contributed by atoms with Crippen molar-refractivity contribution in [3.8, 4) is 6.07 Å². The van der Waals surface area contributed by atoms with Gasteiger partial charge in [0, 0.05) is 57.9 Å². The number of rotatable bonds is 7. The Kier molecular flexibility index (Phi) is 5.96. The SMILES string of the molecule is Cc1cnn(C2(CC#N)CN(c3cccn4nc(Nc5cnn(CC(=O)N6CCN(C)CC6)c5)nc34)C2)c1. The third-order valence-electron chi connectivity index (χ3n) is 7.30. The molecule has 13 heteroatoms. The summed E-state index contributed by atoms with van der Waals surface area (Å²) in [7, 11) is 2.07. The fourth-order valence-electron chi connectivity index (χ4n) is 5.12. The molecule has 13 nitrogen and oxygen atoms in total. The number of amides is 1. The molecule has 1 amide bonds. The van der Waals surface area contributed by atoms with E-state index in [1.807, 2.05) is 47.2 Å². The Balaban J connectivity index is 1.14. The molecule has 38 heavy (non-hydrogen) atoms. The summed E-state index contributed by atoms with van der Waals surface area (Å²) in [6.07, 6.45) is 9.51. The number of carbonyl (C=O) groups excluding carboxylic acids is 1. The van der Waals surface area contributed by atoms with Crippen molar-refractivity contribution in [3.63, 3.8) is 0 Å². The van der Waals surface area contributed by atoms with Crippen LogP contribution >= 0.6 is 0 Å². The fraction of sp³-hybridized carbons (Fsp3) is 0.440. The first kappa shape index (κ1) is 23.9. The lowest BCUT2D eigenvalue weighted by Gasteiger charge is -2.50. The molecule has 0 aliphatic carbocycles. The highest BCUT2D eigenvalue weighted by molar-refractivity contribution is 5.76. The van der Waals surface area contributed by atoms with Gasteiger partial charge in [0.1, 0.15) is 12.1 Å². The number of nitrogens with zero attached hydrogens (tertiary/aromatic N) is 11. The largest absolute Gasteiger partial charge is 0.363 e. The second-order valence-electron chi connectivity index (χ2n) is 10.2. The minimum atomic E-state index is -0.354. The highest BCUT2D eigenvalue weighted by atomic mass is 16.2. The molecule has 0 aromatic carbocycles. The summed E-state index contributed by atoms with van der Waals surface area (Å²) in [5.74, 6) is 0.504. The maximum Gasteiger partial charge on any atom is 0.247 e. The molecule has 2 fully saturated rings. The Hall–Kier alpha value is -4.44. The molecule has 0 radical (unpaired) electrons. The van der Waals surface area contributed by atoms with Crippen LogP contribution in [0.1, 0.15) is 12.0 Å². The van der Waals surface area contributed by atoms with Gasteiger partial charge >= 0.3 is 0 Å². The molecule has 0 bridgehead atoms. The summed E-state index contributed by atoms with van der Waals surface area (Å²) in [4.78, 5) is 23.7. The molecule has 2 aliphatic heterocycles. The number of pyridine rings is 1. The van der Waals surface area contributed by atoms with Crippen LogP contribution in [0.3, 0.4) is 0 Å². The van der Waals surface area contributed by atoms with Crippen LogP contribution in [-0.4, -0.2) is 96.2 Å². The molecule has 0 unspecified atom stereocenters. The third kappa shape index (κ3) is 4.43. The summed E-state index contributed by atoms with van der Waals surface area (Å²) < 4.78 is 5.29. The molecule has 6 heterocycles. The van der Waals surface area contributed by atoms with Crippen LogP contribution in [-0.2, 0) is 16.9 Å². The van der Waals surface area contributed by atoms with Crippen molar-refractivity contribution in [1.82, 2.24) is 44.0 Å². The summed E-state index contributed by atoms with van der Waals surface area (Å²) >= 11 is 0. The lowest BCUT2D eigenvalue weighted by molar-refractivity contribution is -0.133. The average molecular weight is 515 g/mol. The standard InChI is InChI=1S/C25H30N12O/c1-19-12-28-37(14-19)25(5-6-26)17-34(18-25)21-4-3-7-36-23(21)30-24(31-36)29-20-13-27-35(15-20)16-22(38)33-10-8-32(2)9-11-33/h3-4,7,12-15H,5,8-11,16-18H2,1-2H3,(H,29,31). The van der Waals surface area contributed by atoms with Gasteiger partial charge in [0.25, 0.3) is 0 Å². The van der Waals surface area contributed by atoms with Crippen LogP contribution in [0.15, 0.2) is 43.1 Å². The summed E-state index contributed by atoms with van der Waals surface area (Å²) in [5.41, 5.74) is 3.09. The molecule has 4 aromatic rings. The van der Waals surface area contributed by atoms with E-state index in [0.717, 1.165) is 43.1 Å². The van der Waals surface area contributed by atoms with Crippen LogP contribution in [0, 0.1) is 18.3 Å². The zero-order valence-electron chi connectivity index (χ0n) is 21.5. The van der Waals surface area contributed by atoms with Crippen molar-refractivity contribution < 1.29 is 4.79 Å². The molecule has 4 aromatic heterocycles. The molecule has 2 aliphatic rings. The van der Waals surface area contributed by atoms with E-state index in [9.17, 15) is 10.1 Å². The lowest BCUT2D eigenvalue weighted by atomic mass is 9.86. The van der Waals surface area contributed by atoms with Gasteiger partial charge in [-0.3, -0.25) is 14.2 Å². The number of nitrogens with one attached hydrogen (secondary N) is 1. The van der Waals surface area contributed by atoms with Gasteiger partial charge in [-0.15, -0.1) is 5.10 Å². The number of piperazine rings is 1. The summed E-state index contributed by atoms with van der Waals surface area (Å²) in [5, 5.41) is 26.1. The van der Waals surface area contributed by atoms with Crippen LogP contribution in [0.2, 0.25) is 0 Å². The number of likely N-dealkylation sites (N-methyl/N-ethyl adjacent to an activating group) is 1. The van der Waals surface area contributed by atoms with Crippen LogP contribution in [0.5, 0.6) is 0 Å². The zero-order chi connectivity index (χ0) is 26.3. The minimum absolute atomic E-state index is 0.0653. The molecule has 2 saturated heterocycles. The monoisotopic (exact) mass is 514 g/mol. The Morgan fingerprint density at radius 2 is 1.97 bits per heavy atom. The molecule has 196 valence electrons. The number of fused-ring (bicyclic) bond motifs is 1. The summed E-state index contributed by atoms with van der Waals surface area (Å²) in [6, 6.07) is 6.28. The van der Waals surface area contributed by atoms with Crippen LogP contribution in [0.25, 0.3) is 5.65 Å². The van der Waals surface area contributed by atoms with Crippen molar-refractivity contribution in [2.75, 3.05) is 56.5 Å². The van der Waals surface area contributed by atoms with Gasteiger partial charge in [0.05, 0.1) is 36.3 Å². The maximum atomic E-state index is 12.6. The highest BCUT2D eigenvalue weighted by Gasteiger charge is 2.46. The van der Waals surface area contributed by atoms with E-state index >= 15 is 0 Å². The van der Waals surface area contributed by atoms with E-state index in [1.54, 1.807) is 21.6 Å². The Morgan fingerprint density at radius 1 is 1.16 bits per heavy atom. The van der Waals surface area contributed by atoms with Crippen LogP contribution in [0.4, 0.5) is 17.3 Å².